The molecule has 2 atom stereocenters. The molecule has 3 nitrogen and oxygen atoms in total. The van der Waals surface area contributed by atoms with Crippen molar-refractivity contribution >= 4 is 5.69 Å². The summed E-state index contributed by atoms with van der Waals surface area (Å²) in [6.45, 7) is 1.56. The molecule has 0 bridgehead atoms. The van der Waals surface area contributed by atoms with Crippen molar-refractivity contribution in [3.63, 3.8) is 0 Å². The van der Waals surface area contributed by atoms with Gasteiger partial charge in [0.2, 0.25) is 0 Å². The van der Waals surface area contributed by atoms with E-state index in [1.54, 1.807) is 0 Å². The summed E-state index contributed by atoms with van der Waals surface area (Å²) in [5, 5.41) is 11.7. The fourth-order valence-electron chi connectivity index (χ4n) is 1.28. The van der Waals surface area contributed by atoms with Gasteiger partial charge >= 0.3 is 6.18 Å². The zero-order valence-electron chi connectivity index (χ0n) is 9.33. The summed E-state index contributed by atoms with van der Waals surface area (Å²) in [6.07, 6.45) is -5.18. The Morgan fingerprint density at radius 2 is 1.94 bits per heavy atom. The van der Waals surface area contributed by atoms with E-state index >= 15 is 0 Å². The Morgan fingerprint density at radius 3 is 2.47 bits per heavy atom. The quantitative estimate of drug-likeness (QED) is 0.761. The standard InChI is InChI=1S/C11H15F3N2O/c1-7(17)9(15)6-16-10-5-3-2-4-8(10)11(12,13)14/h2-5,7,9,16-17H,6,15H2,1H3. The fraction of sp³-hybridized carbons (Fsp3) is 0.455. The maximum atomic E-state index is 12.6. The molecule has 0 amide bonds. The summed E-state index contributed by atoms with van der Waals surface area (Å²) in [6, 6.07) is 4.54. The molecule has 0 fully saturated rings. The molecule has 0 spiro atoms. The molecule has 2 unspecified atom stereocenters. The number of halogens is 3. The first kappa shape index (κ1) is 13.8. The van der Waals surface area contributed by atoms with Crippen LogP contribution >= 0.6 is 0 Å². The molecule has 1 aromatic rings. The second kappa shape index (κ2) is 5.37. The number of aliphatic hydroxyl groups excluding tert-OH is 1. The molecule has 0 saturated carbocycles. The highest BCUT2D eigenvalue weighted by Crippen LogP contribution is 2.34. The van der Waals surface area contributed by atoms with Gasteiger partial charge < -0.3 is 16.2 Å². The van der Waals surface area contributed by atoms with Gasteiger partial charge in [-0.3, -0.25) is 0 Å². The molecule has 0 aliphatic heterocycles. The lowest BCUT2D eigenvalue weighted by Crippen LogP contribution is -2.38. The summed E-state index contributed by atoms with van der Waals surface area (Å²) < 4.78 is 37.8. The van der Waals surface area contributed by atoms with Crippen LogP contribution in [0, 0.1) is 0 Å². The minimum absolute atomic E-state index is 0.0314. The SMILES string of the molecule is CC(O)C(N)CNc1ccccc1C(F)(F)F. The number of benzene rings is 1. The van der Waals surface area contributed by atoms with Gasteiger partial charge in [-0.05, 0) is 19.1 Å². The first-order valence-electron chi connectivity index (χ1n) is 5.16. The van der Waals surface area contributed by atoms with Crippen molar-refractivity contribution in [3.8, 4) is 0 Å². The number of hydrogen-bond donors (Lipinski definition) is 3. The molecule has 0 radical (unpaired) electrons. The van der Waals surface area contributed by atoms with E-state index < -0.39 is 23.9 Å². The number of nitrogens with one attached hydrogen (secondary N) is 1. The van der Waals surface area contributed by atoms with Crippen LogP contribution in [-0.4, -0.2) is 23.8 Å². The van der Waals surface area contributed by atoms with Gasteiger partial charge in [0.05, 0.1) is 11.7 Å². The van der Waals surface area contributed by atoms with Gasteiger partial charge in [-0.25, -0.2) is 0 Å². The zero-order valence-corrected chi connectivity index (χ0v) is 9.33. The van der Waals surface area contributed by atoms with Crippen molar-refractivity contribution in [1.82, 2.24) is 0 Å². The molecule has 0 saturated heterocycles. The summed E-state index contributed by atoms with van der Waals surface area (Å²) in [5.74, 6) is 0. The third-order valence-corrected chi connectivity index (χ3v) is 2.38. The number of aliphatic hydroxyl groups is 1. The highest BCUT2D eigenvalue weighted by atomic mass is 19.4. The first-order valence-corrected chi connectivity index (χ1v) is 5.16. The minimum Gasteiger partial charge on any atom is -0.392 e. The number of anilines is 1. The van der Waals surface area contributed by atoms with Gasteiger partial charge in [-0.1, -0.05) is 12.1 Å². The van der Waals surface area contributed by atoms with Crippen LogP contribution in [0.3, 0.4) is 0 Å². The number of hydrogen-bond acceptors (Lipinski definition) is 3. The average Bonchev–Trinajstić information content (AvgIpc) is 2.24. The van der Waals surface area contributed by atoms with Crippen LogP contribution in [0.5, 0.6) is 0 Å². The first-order chi connectivity index (χ1) is 7.82. The fourth-order valence-corrected chi connectivity index (χ4v) is 1.28. The van der Waals surface area contributed by atoms with Crippen molar-refractivity contribution < 1.29 is 18.3 Å². The predicted octanol–water partition coefficient (Wildman–Crippen LogP) is 1.83. The normalized spacial score (nSPS) is 15.4. The lowest BCUT2D eigenvalue weighted by molar-refractivity contribution is -0.136. The van der Waals surface area contributed by atoms with E-state index in [0.717, 1.165) is 6.07 Å². The van der Waals surface area contributed by atoms with E-state index in [2.05, 4.69) is 5.32 Å². The van der Waals surface area contributed by atoms with E-state index in [9.17, 15) is 13.2 Å². The summed E-state index contributed by atoms with van der Waals surface area (Å²) in [5.41, 5.74) is 4.76. The molecule has 17 heavy (non-hydrogen) atoms. The number of para-hydroxylation sites is 1. The van der Waals surface area contributed by atoms with E-state index in [4.69, 9.17) is 10.8 Å². The van der Waals surface area contributed by atoms with Crippen LogP contribution in [0.15, 0.2) is 24.3 Å². The van der Waals surface area contributed by atoms with Crippen LogP contribution in [0.2, 0.25) is 0 Å². The van der Waals surface area contributed by atoms with Gasteiger partial charge in [0, 0.05) is 18.3 Å². The van der Waals surface area contributed by atoms with Crippen molar-refractivity contribution in [3.05, 3.63) is 29.8 Å². The highest BCUT2D eigenvalue weighted by molar-refractivity contribution is 5.52. The van der Waals surface area contributed by atoms with Gasteiger partial charge in [-0.15, -0.1) is 0 Å². The Bertz CT molecular complexity index is 366. The minimum atomic E-state index is -4.40. The number of rotatable bonds is 4. The van der Waals surface area contributed by atoms with Crippen LogP contribution in [0.25, 0.3) is 0 Å². The summed E-state index contributed by atoms with van der Waals surface area (Å²) in [4.78, 5) is 0. The zero-order chi connectivity index (χ0) is 13.1. The predicted molar refractivity (Wildman–Crippen MR) is 59.6 cm³/mol. The Balaban J connectivity index is 2.78. The van der Waals surface area contributed by atoms with Crippen LogP contribution in [0.4, 0.5) is 18.9 Å². The smallest absolute Gasteiger partial charge is 0.392 e. The van der Waals surface area contributed by atoms with E-state index in [1.807, 2.05) is 0 Å². The molecule has 1 rings (SSSR count). The van der Waals surface area contributed by atoms with Crippen LogP contribution < -0.4 is 11.1 Å². The molecule has 0 aromatic heterocycles. The van der Waals surface area contributed by atoms with Crippen molar-refractivity contribution in [2.24, 2.45) is 5.73 Å². The molecule has 96 valence electrons. The van der Waals surface area contributed by atoms with Gasteiger partial charge in [0.25, 0.3) is 0 Å². The molecular weight excluding hydrogens is 233 g/mol. The van der Waals surface area contributed by atoms with Crippen molar-refractivity contribution in [2.45, 2.75) is 25.2 Å². The second-order valence-corrected chi connectivity index (χ2v) is 3.83. The maximum Gasteiger partial charge on any atom is 0.418 e. The molecule has 0 aliphatic rings. The van der Waals surface area contributed by atoms with Gasteiger partial charge in [-0.2, -0.15) is 13.2 Å². The number of nitrogens with two attached hydrogens (primary N) is 1. The van der Waals surface area contributed by atoms with E-state index in [1.165, 1.54) is 25.1 Å². The van der Waals surface area contributed by atoms with Crippen LogP contribution in [-0.2, 0) is 6.18 Å². The Morgan fingerprint density at radius 1 is 1.35 bits per heavy atom. The maximum absolute atomic E-state index is 12.6. The Kier molecular flexibility index (Phi) is 4.36. The third kappa shape index (κ3) is 3.90. The topological polar surface area (TPSA) is 58.3 Å². The van der Waals surface area contributed by atoms with Crippen molar-refractivity contribution in [1.29, 1.82) is 0 Å². The van der Waals surface area contributed by atoms with Crippen LogP contribution in [0.1, 0.15) is 12.5 Å². The molecule has 4 N–H and O–H groups in total. The molecule has 1 aromatic carbocycles. The lowest BCUT2D eigenvalue weighted by atomic mass is 10.1. The number of alkyl halides is 3. The largest absolute Gasteiger partial charge is 0.418 e. The summed E-state index contributed by atoms with van der Waals surface area (Å²) in [7, 11) is 0. The average molecular weight is 248 g/mol. The van der Waals surface area contributed by atoms with Crippen molar-refractivity contribution in [2.75, 3.05) is 11.9 Å². The molecule has 0 heterocycles. The Labute approximate surface area is 97.4 Å². The lowest BCUT2D eigenvalue weighted by Gasteiger charge is -2.18. The molecule has 0 aliphatic carbocycles. The molecule has 6 heteroatoms. The van der Waals surface area contributed by atoms with E-state index in [-0.39, 0.29) is 12.2 Å². The monoisotopic (exact) mass is 248 g/mol. The van der Waals surface area contributed by atoms with E-state index in [0.29, 0.717) is 0 Å². The highest BCUT2D eigenvalue weighted by Gasteiger charge is 2.33. The van der Waals surface area contributed by atoms with Gasteiger partial charge in [0.1, 0.15) is 0 Å². The van der Waals surface area contributed by atoms with Gasteiger partial charge in [0.15, 0.2) is 0 Å². The summed E-state index contributed by atoms with van der Waals surface area (Å²) >= 11 is 0. The Hall–Kier alpha value is -1.27. The third-order valence-electron chi connectivity index (χ3n) is 2.38. The second-order valence-electron chi connectivity index (χ2n) is 3.83. The molecular formula is C11H15F3N2O.